The predicted octanol–water partition coefficient (Wildman–Crippen LogP) is 4.64. The molecule has 0 atom stereocenters. The Morgan fingerprint density at radius 3 is 1.59 bits per heavy atom. The molecule has 0 aliphatic carbocycles. The molecule has 0 N–H and O–H groups in total. The van der Waals surface area contributed by atoms with Gasteiger partial charge >= 0.3 is 0 Å². The van der Waals surface area contributed by atoms with Gasteiger partial charge in [-0.1, -0.05) is 45.0 Å². The van der Waals surface area contributed by atoms with Crippen LogP contribution < -0.4 is 0 Å². The summed E-state index contributed by atoms with van der Waals surface area (Å²) in [4.78, 5) is 31.9. The van der Waals surface area contributed by atoms with Crippen LogP contribution in [0.15, 0.2) is 48.5 Å². The minimum absolute atomic E-state index is 0.0427. The van der Waals surface area contributed by atoms with Crippen molar-refractivity contribution in [3.63, 3.8) is 0 Å². The molecule has 2 amide bonds. The summed E-state index contributed by atoms with van der Waals surface area (Å²) in [6.07, 6.45) is 0. The topological polar surface area (TPSA) is 43.9 Å². The van der Waals surface area contributed by atoms with Gasteiger partial charge in [-0.15, -0.1) is 0 Å². The smallest absolute Gasteiger partial charge is 0.253 e. The highest BCUT2D eigenvalue weighted by molar-refractivity contribution is 5.96. The van der Waals surface area contributed by atoms with Crippen molar-refractivity contribution in [2.24, 2.45) is 0 Å². The van der Waals surface area contributed by atoms with Crippen molar-refractivity contribution in [1.29, 1.82) is 0 Å². The molecule has 32 heavy (non-hydrogen) atoms. The molecule has 5 heteroatoms. The van der Waals surface area contributed by atoms with Gasteiger partial charge in [0.15, 0.2) is 0 Å². The molecule has 0 aromatic heterocycles. The molecule has 2 aromatic carbocycles. The van der Waals surface area contributed by atoms with E-state index < -0.39 is 0 Å². The molecule has 0 spiro atoms. The molecule has 5 nitrogen and oxygen atoms in total. The number of amides is 2. The Morgan fingerprint density at radius 1 is 0.781 bits per heavy atom. The highest BCUT2D eigenvalue weighted by Gasteiger charge is 2.25. The summed E-state index contributed by atoms with van der Waals surface area (Å²) in [6.45, 7) is 15.0. The van der Waals surface area contributed by atoms with Gasteiger partial charge in [-0.25, -0.2) is 0 Å². The van der Waals surface area contributed by atoms with Crippen molar-refractivity contribution in [3.8, 4) is 0 Å². The molecule has 0 saturated carbocycles. The number of hydrogen-bond donors (Lipinski definition) is 0. The molecule has 1 fully saturated rings. The first kappa shape index (κ1) is 24.0. The van der Waals surface area contributed by atoms with E-state index in [1.165, 1.54) is 11.1 Å². The van der Waals surface area contributed by atoms with E-state index in [1.807, 2.05) is 46.2 Å². The highest BCUT2D eigenvalue weighted by Crippen LogP contribution is 2.17. The first-order chi connectivity index (χ1) is 15.3. The Bertz CT molecular complexity index is 896. The third-order valence-corrected chi connectivity index (χ3v) is 6.40. The Kier molecular flexibility index (Phi) is 8.08. The van der Waals surface area contributed by atoms with E-state index in [2.05, 4.69) is 51.7 Å². The van der Waals surface area contributed by atoms with E-state index in [4.69, 9.17) is 0 Å². The lowest BCUT2D eigenvalue weighted by atomic mass is 10.0. The molecule has 1 aliphatic heterocycles. The van der Waals surface area contributed by atoms with Gasteiger partial charge in [-0.05, 0) is 61.7 Å². The molecule has 1 heterocycles. The van der Waals surface area contributed by atoms with Crippen LogP contribution in [0.2, 0.25) is 0 Å². The van der Waals surface area contributed by atoms with Crippen LogP contribution in [0, 0.1) is 0 Å². The number of nitrogens with zero attached hydrogens (tertiary/aromatic N) is 3. The molecular formula is C27H37N3O2. The van der Waals surface area contributed by atoms with E-state index in [0.29, 0.717) is 49.3 Å². The zero-order valence-electron chi connectivity index (χ0n) is 20.2. The average Bonchev–Trinajstić information content (AvgIpc) is 2.82. The molecule has 1 saturated heterocycles. The molecule has 0 unspecified atom stereocenters. The van der Waals surface area contributed by atoms with Crippen molar-refractivity contribution < 1.29 is 9.59 Å². The number of carbonyl (C=O) groups excluding carboxylic acids is 2. The molecule has 3 rings (SSSR count). The van der Waals surface area contributed by atoms with Crippen LogP contribution in [-0.2, 0) is 6.54 Å². The van der Waals surface area contributed by atoms with Crippen LogP contribution in [0.25, 0.3) is 0 Å². The van der Waals surface area contributed by atoms with Crippen molar-refractivity contribution in [1.82, 2.24) is 14.7 Å². The van der Waals surface area contributed by atoms with Crippen LogP contribution in [0.3, 0.4) is 0 Å². The fourth-order valence-corrected chi connectivity index (χ4v) is 4.14. The van der Waals surface area contributed by atoms with E-state index in [1.54, 1.807) is 0 Å². The van der Waals surface area contributed by atoms with Gasteiger partial charge in [-0.2, -0.15) is 0 Å². The average molecular weight is 436 g/mol. The first-order valence-corrected chi connectivity index (χ1v) is 11.8. The first-order valence-electron chi connectivity index (χ1n) is 11.8. The lowest BCUT2D eigenvalue weighted by Crippen LogP contribution is -2.50. The fraction of sp³-hybridized carbons (Fsp3) is 0.481. The summed E-state index contributed by atoms with van der Waals surface area (Å²) < 4.78 is 0. The maximum Gasteiger partial charge on any atom is 0.253 e. The van der Waals surface area contributed by atoms with E-state index in [9.17, 15) is 9.59 Å². The van der Waals surface area contributed by atoms with E-state index >= 15 is 0 Å². The predicted molar refractivity (Wildman–Crippen MR) is 130 cm³/mol. The molecule has 0 radical (unpaired) electrons. The van der Waals surface area contributed by atoms with Gasteiger partial charge in [-0.3, -0.25) is 14.5 Å². The Labute approximate surface area is 193 Å². The minimum atomic E-state index is 0.0427. The fourth-order valence-electron chi connectivity index (χ4n) is 4.14. The summed E-state index contributed by atoms with van der Waals surface area (Å²) in [5, 5.41) is 0. The number of hydrogen-bond acceptors (Lipinski definition) is 3. The summed E-state index contributed by atoms with van der Waals surface area (Å²) in [6, 6.07) is 16.3. The minimum Gasteiger partial charge on any atom is -0.335 e. The quantitative estimate of drug-likeness (QED) is 0.636. The summed E-state index contributed by atoms with van der Waals surface area (Å²) in [5.41, 5.74) is 3.88. The number of carbonyl (C=O) groups is 2. The normalized spacial score (nSPS) is 14.5. The van der Waals surface area contributed by atoms with Crippen LogP contribution in [0.1, 0.15) is 72.4 Å². The summed E-state index contributed by atoms with van der Waals surface area (Å²) in [5.74, 6) is 0.534. The summed E-state index contributed by atoms with van der Waals surface area (Å²) in [7, 11) is 0. The lowest BCUT2D eigenvalue weighted by Gasteiger charge is -2.35. The van der Waals surface area contributed by atoms with Gasteiger partial charge < -0.3 is 9.80 Å². The zero-order chi connectivity index (χ0) is 23.3. The van der Waals surface area contributed by atoms with Crippen molar-refractivity contribution in [2.75, 3.05) is 32.7 Å². The Hall–Kier alpha value is -2.66. The van der Waals surface area contributed by atoms with Gasteiger partial charge in [0.1, 0.15) is 0 Å². The van der Waals surface area contributed by atoms with Crippen molar-refractivity contribution in [3.05, 3.63) is 70.8 Å². The van der Waals surface area contributed by atoms with Crippen LogP contribution in [0.4, 0.5) is 0 Å². The van der Waals surface area contributed by atoms with Crippen LogP contribution in [-0.4, -0.2) is 65.3 Å². The van der Waals surface area contributed by atoms with E-state index in [0.717, 1.165) is 13.1 Å². The van der Waals surface area contributed by atoms with Gasteiger partial charge in [0.2, 0.25) is 0 Å². The zero-order valence-corrected chi connectivity index (χ0v) is 20.2. The van der Waals surface area contributed by atoms with Crippen molar-refractivity contribution >= 4 is 11.8 Å². The van der Waals surface area contributed by atoms with Gasteiger partial charge in [0.25, 0.3) is 11.8 Å². The van der Waals surface area contributed by atoms with Crippen LogP contribution >= 0.6 is 0 Å². The maximum absolute atomic E-state index is 13.0. The van der Waals surface area contributed by atoms with Crippen LogP contribution in [0.5, 0.6) is 0 Å². The second-order valence-electron chi connectivity index (χ2n) is 9.21. The number of piperazine rings is 1. The Morgan fingerprint density at radius 2 is 1.22 bits per heavy atom. The van der Waals surface area contributed by atoms with E-state index in [-0.39, 0.29) is 11.8 Å². The summed E-state index contributed by atoms with van der Waals surface area (Å²) >= 11 is 0. The third kappa shape index (κ3) is 5.77. The molecule has 1 aliphatic rings. The Balaban J connectivity index is 1.55. The molecule has 0 bridgehead atoms. The largest absolute Gasteiger partial charge is 0.335 e. The third-order valence-electron chi connectivity index (χ3n) is 6.40. The number of benzene rings is 2. The second-order valence-corrected chi connectivity index (χ2v) is 9.21. The van der Waals surface area contributed by atoms with Gasteiger partial charge in [0, 0.05) is 49.9 Å². The second kappa shape index (κ2) is 10.8. The maximum atomic E-state index is 13.0. The molecular weight excluding hydrogens is 398 g/mol. The number of rotatable bonds is 7. The highest BCUT2D eigenvalue weighted by atomic mass is 16.2. The van der Waals surface area contributed by atoms with Crippen molar-refractivity contribution in [2.45, 2.75) is 53.1 Å². The molecule has 172 valence electrons. The standard InChI is InChI=1S/C27H37N3O2/c1-6-28(21(4)5)19-22-7-9-24(10-8-22)26(31)29-15-17-30(18-16-29)27(32)25-13-11-23(12-14-25)20(2)3/h7-14,20-21H,6,15-19H2,1-5H3. The van der Waals surface area contributed by atoms with Gasteiger partial charge in [0.05, 0.1) is 0 Å². The molecule has 2 aromatic rings. The SMILES string of the molecule is CCN(Cc1ccc(C(=O)N2CCN(C(=O)c3ccc(C(C)C)cc3)CC2)cc1)C(C)C. The lowest BCUT2D eigenvalue weighted by molar-refractivity contribution is 0.0535. The monoisotopic (exact) mass is 435 g/mol.